The summed E-state index contributed by atoms with van der Waals surface area (Å²) in [7, 11) is 0. The lowest BCUT2D eigenvalue weighted by Gasteiger charge is -2.36. The maximum atomic E-state index is 12.8. The number of amides is 3. The highest BCUT2D eigenvalue weighted by molar-refractivity contribution is 6.07. The normalized spacial score (nSPS) is 27.8. The fourth-order valence-corrected chi connectivity index (χ4v) is 3.56. The third-order valence-electron chi connectivity index (χ3n) is 4.90. The van der Waals surface area contributed by atoms with Gasteiger partial charge in [0.05, 0.1) is 18.2 Å². The standard InChI is InChI=1S/C17H19N3O2/c1-12-5-2-3-8-17(12)15(21)20(16(22)19-17)11-14-7-4-6-13(9-14)10-18/h4,6-7,9,12H,2-3,5,8,11H2,1H3,(H,19,22)/t12-,17-/m1/s1. The molecule has 0 aromatic heterocycles. The average molecular weight is 297 g/mol. The van der Waals surface area contributed by atoms with E-state index in [4.69, 9.17) is 5.26 Å². The Kier molecular flexibility index (Phi) is 3.61. The fraction of sp³-hybridized carbons (Fsp3) is 0.471. The molecule has 1 N–H and O–H groups in total. The Morgan fingerprint density at radius 1 is 1.41 bits per heavy atom. The summed E-state index contributed by atoms with van der Waals surface area (Å²) < 4.78 is 0. The van der Waals surface area contributed by atoms with Crippen LogP contribution in [0.25, 0.3) is 0 Å². The zero-order valence-corrected chi connectivity index (χ0v) is 12.6. The molecular formula is C17H19N3O2. The highest BCUT2D eigenvalue weighted by atomic mass is 16.2. The van der Waals surface area contributed by atoms with Crippen molar-refractivity contribution in [1.29, 1.82) is 5.26 Å². The largest absolute Gasteiger partial charge is 0.325 e. The SMILES string of the molecule is C[C@@H]1CCCC[C@@]12NC(=O)N(Cc1cccc(C#N)c1)C2=O. The molecule has 114 valence electrons. The molecule has 1 aromatic rings. The van der Waals surface area contributed by atoms with Crippen LogP contribution in [-0.4, -0.2) is 22.4 Å². The number of carbonyl (C=O) groups excluding carboxylic acids is 2. The Morgan fingerprint density at radius 2 is 2.23 bits per heavy atom. The van der Waals surface area contributed by atoms with E-state index in [0.29, 0.717) is 12.0 Å². The van der Waals surface area contributed by atoms with Gasteiger partial charge in [0.25, 0.3) is 5.91 Å². The second-order valence-electron chi connectivity index (χ2n) is 6.25. The highest BCUT2D eigenvalue weighted by Gasteiger charge is 2.54. The fourth-order valence-electron chi connectivity index (χ4n) is 3.56. The summed E-state index contributed by atoms with van der Waals surface area (Å²) in [6, 6.07) is 8.78. The number of imide groups is 1. The van der Waals surface area contributed by atoms with Gasteiger partial charge in [-0.05, 0) is 36.5 Å². The van der Waals surface area contributed by atoms with E-state index in [1.165, 1.54) is 4.90 Å². The lowest BCUT2D eigenvalue weighted by atomic mass is 9.73. The molecular weight excluding hydrogens is 278 g/mol. The van der Waals surface area contributed by atoms with Crippen molar-refractivity contribution in [2.24, 2.45) is 5.92 Å². The molecule has 1 aliphatic carbocycles. The van der Waals surface area contributed by atoms with Crippen molar-refractivity contribution in [3.8, 4) is 6.07 Å². The summed E-state index contributed by atoms with van der Waals surface area (Å²) >= 11 is 0. The third kappa shape index (κ3) is 2.25. The zero-order valence-electron chi connectivity index (χ0n) is 12.6. The minimum Gasteiger partial charge on any atom is -0.323 e. The van der Waals surface area contributed by atoms with Crippen LogP contribution in [0.15, 0.2) is 24.3 Å². The topological polar surface area (TPSA) is 73.2 Å². The van der Waals surface area contributed by atoms with Crippen LogP contribution >= 0.6 is 0 Å². The van der Waals surface area contributed by atoms with Crippen molar-refractivity contribution >= 4 is 11.9 Å². The van der Waals surface area contributed by atoms with Gasteiger partial charge in [-0.2, -0.15) is 5.26 Å². The Morgan fingerprint density at radius 3 is 2.95 bits per heavy atom. The molecule has 1 saturated carbocycles. The van der Waals surface area contributed by atoms with Gasteiger partial charge < -0.3 is 5.32 Å². The van der Waals surface area contributed by atoms with Crippen LogP contribution in [0, 0.1) is 17.2 Å². The molecule has 1 saturated heterocycles. The number of nitriles is 1. The van der Waals surface area contributed by atoms with Gasteiger partial charge in [-0.3, -0.25) is 9.69 Å². The van der Waals surface area contributed by atoms with Gasteiger partial charge in [0.15, 0.2) is 0 Å². The predicted molar refractivity (Wildman–Crippen MR) is 80.6 cm³/mol. The number of benzene rings is 1. The second kappa shape index (κ2) is 5.45. The van der Waals surface area contributed by atoms with Crippen LogP contribution < -0.4 is 5.32 Å². The first-order chi connectivity index (χ1) is 10.6. The van der Waals surface area contributed by atoms with Crippen molar-refractivity contribution in [2.45, 2.75) is 44.7 Å². The molecule has 0 bridgehead atoms. The van der Waals surface area contributed by atoms with Crippen molar-refractivity contribution in [3.05, 3.63) is 35.4 Å². The molecule has 3 amide bonds. The van der Waals surface area contributed by atoms with E-state index in [-0.39, 0.29) is 24.4 Å². The quantitative estimate of drug-likeness (QED) is 0.853. The van der Waals surface area contributed by atoms with E-state index in [2.05, 4.69) is 11.4 Å². The minimum atomic E-state index is -0.720. The monoisotopic (exact) mass is 297 g/mol. The molecule has 1 spiro atoms. The summed E-state index contributed by atoms with van der Waals surface area (Å²) in [5, 5.41) is 11.9. The number of hydrogen-bond acceptors (Lipinski definition) is 3. The number of nitrogens with one attached hydrogen (secondary N) is 1. The van der Waals surface area contributed by atoms with Gasteiger partial charge in [-0.15, -0.1) is 0 Å². The Balaban J connectivity index is 1.84. The smallest absolute Gasteiger partial charge is 0.323 e. The molecule has 0 radical (unpaired) electrons. The highest BCUT2D eigenvalue weighted by Crippen LogP contribution is 2.38. The number of nitrogens with zero attached hydrogens (tertiary/aromatic N) is 2. The van der Waals surface area contributed by atoms with Crippen LogP contribution in [0.5, 0.6) is 0 Å². The maximum absolute atomic E-state index is 12.8. The second-order valence-corrected chi connectivity index (χ2v) is 6.25. The van der Waals surface area contributed by atoms with Crippen molar-refractivity contribution in [1.82, 2.24) is 10.2 Å². The molecule has 1 heterocycles. The lowest BCUT2D eigenvalue weighted by molar-refractivity contribution is -0.134. The molecule has 2 atom stereocenters. The number of urea groups is 1. The molecule has 2 aliphatic rings. The van der Waals surface area contributed by atoms with Gasteiger partial charge in [0.2, 0.25) is 0 Å². The molecule has 1 aromatic carbocycles. The van der Waals surface area contributed by atoms with Crippen molar-refractivity contribution in [3.63, 3.8) is 0 Å². The van der Waals surface area contributed by atoms with E-state index in [1.54, 1.807) is 18.2 Å². The van der Waals surface area contributed by atoms with Crippen LogP contribution in [0.1, 0.15) is 43.7 Å². The van der Waals surface area contributed by atoms with E-state index in [9.17, 15) is 9.59 Å². The van der Waals surface area contributed by atoms with Gasteiger partial charge >= 0.3 is 6.03 Å². The van der Waals surface area contributed by atoms with Crippen LogP contribution in [0.4, 0.5) is 4.79 Å². The Bertz CT molecular complexity index is 664. The van der Waals surface area contributed by atoms with Crippen LogP contribution in [0.2, 0.25) is 0 Å². The molecule has 3 rings (SSSR count). The van der Waals surface area contributed by atoms with Crippen molar-refractivity contribution in [2.75, 3.05) is 0 Å². The van der Waals surface area contributed by atoms with Crippen LogP contribution in [-0.2, 0) is 11.3 Å². The van der Waals surface area contributed by atoms with Gasteiger partial charge in [0, 0.05) is 0 Å². The molecule has 1 aliphatic heterocycles. The van der Waals surface area contributed by atoms with Gasteiger partial charge in [-0.25, -0.2) is 4.79 Å². The summed E-state index contributed by atoms with van der Waals surface area (Å²) in [5.41, 5.74) is 0.607. The zero-order chi connectivity index (χ0) is 15.7. The van der Waals surface area contributed by atoms with Crippen molar-refractivity contribution < 1.29 is 9.59 Å². The maximum Gasteiger partial charge on any atom is 0.325 e. The van der Waals surface area contributed by atoms with Gasteiger partial charge in [0.1, 0.15) is 5.54 Å². The summed E-state index contributed by atoms with van der Waals surface area (Å²) in [5.74, 6) is 0.0419. The minimum absolute atomic E-state index is 0.118. The number of hydrogen-bond donors (Lipinski definition) is 1. The Labute approximate surface area is 129 Å². The van der Waals surface area contributed by atoms with E-state index in [0.717, 1.165) is 24.8 Å². The van der Waals surface area contributed by atoms with Crippen LogP contribution in [0.3, 0.4) is 0 Å². The first-order valence-electron chi connectivity index (χ1n) is 7.70. The third-order valence-corrected chi connectivity index (χ3v) is 4.90. The first kappa shape index (κ1) is 14.6. The first-order valence-corrected chi connectivity index (χ1v) is 7.70. The molecule has 0 unspecified atom stereocenters. The van der Waals surface area contributed by atoms with E-state index < -0.39 is 5.54 Å². The molecule has 22 heavy (non-hydrogen) atoms. The summed E-state index contributed by atoms with van der Waals surface area (Å²) in [4.78, 5) is 26.4. The Hall–Kier alpha value is -2.35. The predicted octanol–water partition coefficient (Wildman–Crippen LogP) is 2.56. The summed E-state index contributed by atoms with van der Waals surface area (Å²) in [6.45, 7) is 2.26. The lowest BCUT2D eigenvalue weighted by Crippen LogP contribution is -2.53. The molecule has 2 fully saturated rings. The van der Waals surface area contributed by atoms with E-state index >= 15 is 0 Å². The van der Waals surface area contributed by atoms with Gasteiger partial charge in [-0.1, -0.05) is 31.9 Å². The molecule has 5 heteroatoms. The average Bonchev–Trinajstić information content (AvgIpc) is 2.76. The van der Waals surface area contributed by atoms with E-state index in [1.807, 2.05) is 13.0 Å². The number of rotatable bonds is 2. The number of carbonyl (C=O) groups is 2. The molecule has 5 nitrogen and oxygen atoms in total. The summed E-state index contributed by atoms with van der Waals surface area (Å²) in [6.07, 6.45) is 3.75.